The molecule has 2 heterocycles. The lowest BCUT2D eigenvalue weighted by Crippen LogP contribution is -2.39. The van der Waals surface area contributed by atoms with Gasteiger partial charge in [-0.3, -0.25) is 0 Å². The van der Waals surface area contributed by atoms with Gasteiger partial charge in [-0.25, -0.2) is 8.37 Å². The largest absolute Gasteiger partial charge is 0.400 e. The Hall–Kier alpha value is -2.55. The van der Waals surface area contributed by atoms with Gasteiger partial charge in [0.1, 0.15) is 23.9 Å². The van der Waals surface area contributed by atoms with Crippen molar-refractivity contribution in [1.29, 1.82) is 0 Å². The molecule has 0 amide bonds. The van der Waals surface area contributed by atoms with Crippen LogP contribution in [-0.2, 0) is 33.8 Å². The molecule has 6 nitrogen and oxygen atoms in total. The Bertz CT molecular complexity index is 1020. The molecule has 0 aliphatic carbocycles. The van der Waals surface area contributed by atoms with Crippen LogP contribution < -0.4 is 0 Å². The van der Waals surface area contributed by atoms with Gasteiger partial charge >= 0.3 is 10.4 Å². The van der Waals surface area contributed by atoms with Gasteiger partial charge in [0.15, 0.2) is 0 Å². The minimum absolute atomic E-state index is 0.124. The van der Waals surface area contributed by atoms with Crippen molar-refractivity contribution in [3.8, 4) is 0 Å². The van der Waals surface area contributed by atoms with Gasteiger partial charge in [0.05, 0.1) is 13.2 Å². The quantitative estimate of drug-likeness (QED) is 0.549. The third kappa shape index (κ3) is 3.79. The van der Waals surface area contributed by atoms with Crippen LogP contribution in [0.25, 0.3) is 0 Å². The Morgan fingerprint density at radius 3 is 1.74 bits per heavy atom. The molecule has 2 aliphatic heterocycles. The molecule has 2 aliphatic rings. The molecule has 160 valence electrons. The summed E-state index contributed by atoms with van der Waals surface area (Å²) in [5.41, 5.74) is 1.96. The van der Waals surface area contributed by atoms with Crippen molar-refractivity contribution in [2.75, 3.05) is 13.2 Å². The normalized spacial score (nSPS) is 24.7. The lowest BCUT2D eigenvalue weighted by Gasteiger charge is -2.37. The van der Waals surface area contributed by atoms with E-state index in [1.54, 1.807) is 0 Å². The Labute approximate surface area is 181 Å². The first-order valence-electron chi connectivity index (χ1n) is 10.1. The fourth-order valence-corrected chi connectivity index (χ4v) is 5.32. The molecular weight excluding hydrogens is 416 g/mol. The van der Waals surface area contributed by atoms with Crippen LogP contribution in [0.2, 0.25) is 0 Å². The van der Waals surface area contributed by atoms with Crippen LogP contribution in [0.3, 0.4) is 0 Å². The summed E-state index contributed by atoms with van der Waals surface area (Å²) in [6, 6.07) is 29.9. The van der Waals surface area contributed by atoms with Crippen LogP contribution in [0, 0.1) is 0 Å². The highest BCUT2D eigenvalue weighted by Crippen LogP contribution is 2.41. The van der Waals surface area contributed by atoms with Crippen molar-refractivity contribution in [2.24, 2.45) is 0 Å². The van der Waals surface area contributed by atoms with Crippen molar-refractivity contribution >= 4 is 10.4 Å². The number of rotatable bonds is 6. The van der Waals surface area contributed by atoms with E-state index in [0.717, 1.165) is 16.7 Å². The average molecular weight is 439 g/mol. The van der Waals surface area contributed by atoms with E-state index in [0.29, 0.717) is 0 Å². The Kier molecular flexibility index (Phi) is 5.37. The molecule has 2 saturated heterocycles. The summed E-state index contributed by atoms with van der Waals surface area (Å²) < 4.78 is 46.0. The molecule has 0 N–H and O–H groups in total. The number of ether oxygens (including phenoxy) is 2. The second-order valence-electron chi connectivity index (χ2n) is 7.57. The summed E-state index contributed by atoms with van der Waals surface area (Å²) in [7, 11) is -3.98. The zero-order valence-electron chi connectivity index (χ0n) is 16.7. The maximum Gasteiger partial charge on any atom is 0.400 e. The zero-order chi connectivity index (χ0) is 21.3. The topological polar surface area (TPSA) is 71.1 Å². The third-order valence-electron chi connectivity index (χ3n) is 5.68. The van der Waals surface area contributed by atoms with Gasteiger partial charge in [-0.2, -0.15) is 8.42 Å². The molecule has 3 atom stereocenters. The smallest absolute Gasteiger partial charge is 0.370 e. The molecule has 0 bridgehead atoms. The van der Waals surface area contributed by atoms with Crippen molar-refractivity contribution < 1.29 is 26.3 Å². The summed E-state index contributed by atoms with van der Waals surface area (Å²) >= 11 is 0. The first-order chi connectivity index (χ1) is 15.1. The second kappa shape index (κ2) is 8.18. The average Bonchev–Trinajstić information content (AvgIpc) is 3.31. The van der Waals surface area contributed by atoms with E-state index in [2.05, 4.69) is 0 Å². The highest BCUT2D eigenvalue weighted by atomic mass is 32.3. The summed E-state index contributed by atoms with van der Waals surface area (Å²) in [5, 5.41) is 0. The maximum absolute atomic E-state index is 11.7. The molecule has 0 unspecified atom stereocenters. The van der Waals surface area contributed by atoms with Gasteiger partial charge in [-0.15, -0.1) is 0 Å². The number of fused-ring (bicyclic) bond motifs is 1. The Morgan fingerprint density at radius 1 is 0.774 bits per heavy atom. The number of hydrogen-bond acceptors (Lipinski definition) is 6. The Morgan fingerprint density at radius 2 is 1.26 bits per heavy atom. The minimum atomic E-state index is -3.98. The van der Waals surface area contributed by atoms with E-state index in [1.165, 1.54) is 0 Å². The molecule has 0 spiro atoms. The highest BCUT2D eigenvalue weighted by molar-refractivity contribution is 7.82. The standard InChI is InChI=1S/C24H22O6S/c25-31(26)29-22-16-27-21(23(22)30-31)17-28-24(18-10-4-1-5-11-18,19-12-6-2-7-13-19)20-14-8-3-9-15-20/h1-15,21-23H,16-17H2/t21-,22+,23-/m0/s1. The van der Waals surface area contributed by atoms with Crippen molar-refractivity contribution in [3.05, 3.63) is 108 Å². The van der Waals surface area contributed by atoms with Crippen LogP contribution >= 0.6 is 0 Å². The molecule has 0 radical (unpaired) electrons. The summed E-state index contributed by atoms with van der Waals surface area (Å²) in [5.74, 6) is 0. The van der Waals surface area contributed by atoms with E-state index in [-0.39, 0.29) is 13.2 Å². The summed E-state index contributed by atoms with van der Waals surface area (Å²) in [4.78, 5) is 0. The molecule has 0 saturated carbocycles. The fraction of sp³-hybridized carbons (Fsp3) is 0.250. The molecule has 2 fully saturated rings. The van der Waals surface area contributed by atoms with Gasteiger partial charge < -0.3 is 9.47 Å². The Balaban J connectivity index is 1.56. The van der Waals surface area contributed by atoms with Gasteiger partial charge in [-0.1, -0.05) is 91.0 Å². The third-order valence-corrected chi connectivity index (χ3v) is 6.62. The second-order valence-corrected chi connectivity index (χ2v) is 8.77. The molecule has 0 aromatic heterocycles. The lowest BCUT2D eigenvalue weighted by molar-refractivity contribution is -0.0645. The van der Waals surface area contributed by atoms with E-state index in [4.69, 9.17) is 17.8 Å². The molecule has 5 rings (SSSR count). The minimum Gasteiger partial charge on any atom is -0.370 e. The summed E-state index contributed by atoms with van der Waals surface area (Å²) in [6.07, 6.45) is -1.93. The van der Waals surface area contributed by atoms with E-state index < -0.39 is 34.3 Å². The van der Waals surface area contributed by atoms with E-state index in [1.807, 2.05) is 91.0 Å². The molecule has 31 heavy (non-hydrogen) atoms. The lowest BCUT2D eigenvalue weighted by atomic mass is 9.80. The predicted octanol–water partition coefficient (Wildman–Crippen LogP) is 3.42. The zero-order valence-corrected chi connectivity index (χ0v) is 17.5. The van der Waals surface area contributed by atoms with Crippen LogP contribution in [-0.4, -0.2) is 39.9 Å². The first-order valence-corrected chi connectivity index (χ1v) is 11.5. The van der Waals surface area contributed by atoms with Crippen LogP contribution in [0.4, 0.5) is 0 Å². The molecule has 3 aromatic rings. The van der Waals surface area contributed by atoms with Crippen molar-refractivity contribution in [2.45, 2.75) is 23.9 Å². The van der Waals surface area contributed by atoms with Crippen LogP contribution in [0.5, 0.6) is 0 Å². The van der Waals surface area contributed by atoms with Gasteiger partial charge in [0.2, 0.25) is 0 Å². The first kappa shape index (κ1) is 20.4. The predicted molar refractivity (Wildman–Crippen MR) is 114 cm³/mol. The van der Waals surface area contributed by atoms with Crippen LogP contribution in [0.1, 0.15) is 16.7 Å². The van der Waals surface area contributed by atoms with Gasteiger partial charge in [0, 0.05) is 0 Å². The molecule has 3 aromatic carbocycles. The van der Waals surface area contributed by atoms with E-state index in [9.17, 15) is 8.42 Å². The number of benzene rings is 3. The number of hydrogen-bond donors (Lipinski definition) is 0. The molecule has 7 heteroatoms. The van der Waals surface area contributed by atoms with Gasteiger partial charge in [-0.05, 0) is 16.7 Å². The SMILES string of the molecule is O=S1(=O)O[C@H]2[C@H](COC(c3ccccc3)(c3ccccc3)c3ccccc3)OC[C@H]2O1. The van der Waals surface area contributed by atoms with Gasteiger partial charge in [0.25, 0.3) is 0 Å². The monoisotopic (exact) mass is 438 g/mol. The van der Waals surface area contributed by atoms with E-state index >= 15 is 0 Å². The summed E-state index contributed by atoms with van der Waals surface area (Å²) in [6.45, 7) is 0.270. The highest BCUT2D eigenvalue weighted by Gasteiger charge is 2.51. The van der Waals surface area contributed by atoms with Crippen molar-refractivity contribution in [3.63, 3.8) is 0 Å². The fourth-order valence-electron chi connectivity index (χ4n) is 4.28. The van der Waals surface area contributed by atoms with Crippen molar-refractivity contribution in [1.82, 2.24) is 0 Å². The van der Waals surface area contributed by atoms with Crippen LogP contribution in [0.15, 0.2) is 91.0 Å². The maximum atomic E-state index is 11.7. The molecular formula is C24H22O6S.